The van der Waals surface area contributed by atoms with Crippen LogP contribution in [0.25, 0.3) is 10.2 Å². The number of rotatable bonds is 6. The number of ether oxygens (including phenoxy) is 2. The molecule has 0 radical (unpaired) electrons. The second-order valence-electron chi connectivity index (χ2n) is 6.24. The molecule has 4 rings (SSSR count). The maximum Gasteiger partial charge on any atom is 0.240 e. The molecule has 1 aliphatic heterocycles. The van der Waals surface area contributed by atoms with E-state index < -0.39 is 10.0 Å². The molecule has 0 amide bonds. The van der Waals surface area contributed by atoms with E-state index in [2.05, 4.69) is 9.71 Å². The van der Waals surface area contributed by atoms with E-state index in [1.165, 1.54) is 6.07 Å². The molecule has 0 saturated carbocycles. The zero-order valence-electron chi connectivity index (χ0n) is 14.7. The maximum atomic E-state index is 12.5. The Morgan fingerprint density at radius 2 is 1.89 bits per heavy atom. The molecule has 2 heterocycles. The lowest BCUT2D eigenvalue weighted by Crippen LogP contribution is -2.25. The van der Waals surface area contributed by atoms with Crippen LogP contribution in [-0.4, -0.2) is 33.2 Å². The topological polar surface area (TPSA) is 77.5 Å². The van der Waals surface area contributed by atoms with Crippen molar-refractivity contribution in [3.63, 3.8) is 0 Å². The predicted molar refractivity (Wildman–Crippen MR) is 105 cm³/mol. The van der Waals surface area contributed by atoms with Gasteiger partial charge in [-0.2, -0.15) is 0 Å². The number of sulfonamides is 1. The number of aromatic nitrogens is 1. The monoisotopic (exact) mass is 404 g/mol. The highest BCUT2D eigenvalue weighted by Gasteiger charge is 2.18. The van der Waals surface area contributed by atoms with E-state index in [1.807, 2.05) is 24.3 Å². The molecule has 0 aliphatic carbocycles. The van der Waals surface area contributed by atoms with Gasteiger partial charge >= 0.3 is 0 Å². The number of hydrogen-bond acceptors (Lipinski definition) is 6. The number of hydrogen-bond donors (Lipinski definition) is 1. The van der Waals surface area contributed by atoms with Gasteiger partial charge in [-0.15, -0.1) is 11.3 Å². The molecule has 0 fully saturated rings. The molecule has 6 nitrogen and oxygen atoms in total. The fourth-order valence-electron chi connectivity index (χ4n) is 2.87. The van der Waals surface area contributed by atoms with Gasteiger partial charge in [0.2, 0.25) is 10.0 Å². The molecule has 0 bridgehead atoms. The molecule has 0 saturated heterocycles. The molecule has 0 unspecified atom stereocenters. The van der Waals surface area contributed by atoms with Gasteiger partial charge in [0.25, 0.3) is 0 Å². The van der Waals surface area contributed by atoms with Crippen LogP contribution < -0.4 is 14.2 Å². The highest BCUT2D eigenvalue weighted by atomic mass is 32.2. The van der Waals surface area contributed by atoms with Crippen LogP contribution in [0.1, 0.15) is 17.8 Å². The standard InChI is InChI=1S/C19H20N2O4S2/c22-27(23,14-8-9-16-17(13-14)25-12-4-11-24-16)20-10-3-7-19-21-15-5-1-2-6-18(15)26-19/h1-2,5-6,8-9,13,20H,3-4,7,10-12H2. The van der Waals surface area contributed by atoms with Crippen molar-refractivity contribution in [2.24, 2.45) is 0 Å². The van der Waals surface area contributed by atoms with Gasteiger partial charge in [0, 0.05) is 25.5 Å². The van der Waals surface area contributed by atoms with Crippen LogP contribution in [0.2, 0.25) is 0 Å². The van der Waals surface area contributed by atoms with Gasteiger partial charge in [0.1, 0.15) is 0 Å². The Hall–Kier alpha value is -2.16. The number of aryl methyl sites for hydroxylation is 1. The van der Waals surface area contributed by atoms with Gasteiger partial charge in [-0.3, -0.25) is 0 Å². The summed E-state index contributed by atoms with van der Waals surface area (Å²) in [6.07, 6.45) is 2.20. The molecular formula is C19H20N2O4S2. The first-order valence-corrected chi connectivity index (χ1v) is 11.2. The minimum atomic E-state index is -3.59. The van der Waals surface area contributed by atoms with E-state index in [-0.39, 0.29) is 4.90 Å². The average molecular weight is 405 g/mol. The van der Waals surface area contributed by atoms with Gasteiger partial charge in [0.05, 0.1) is 33.3 Å². The summed E-state index contributed by atoms with van der Waals surface area (Å²) in [5.41, 5.74) is 0.991. The van der Waals surface area contributed by atoms with E-state index in [0.717, 1.165) is 28.1 Å². The van der Waals surface area contributed by atoms with Crippen molar-refractivity contribution in [2.75, 3.05) is 19.8 Å². The number of nitrogens with one attached hydrogen (secondary N) is 1. The Balaban J connectivity index is 1.36. The molecule has 8 heteroatoms. The predicted octanol–water partition coefficient (Wildman–Crippen LogP) is 3.37. The summed E-state index contributed by atoms with van der Waals surface area (Å²) in [6, 6.07) is 12.7. The highest BCUT2D eigenvalue weighted by Crippen LogP contribution is 2.31. The number of benzene rings is 2. The minimum Gasteiger partial charge on any atom is -0.490 e. The third-order valence-corrected chi connectivity index (χ3v) is 6.78. The lowest BCUT2D eigenvalue weighted by molar-refractivity contribution is 0.297. The number of nitrogens with zero attached hydrogens (tertiary/aromatic N) is 1. The van der Waals surface area contributed by atoms with Crippen molar-refractivity contribution in [3.8, 4) is 11.5 Å². The normalized spacial score (nSPS) is 14.2. The fourth-order valence-corrected chi connectivity index (χ4v) is 4.97. The second-order valence-corrected chi connectivity index (χ2v) is 9.12. The Labute approximate surface area is 162 Å². The largest absolute Gasteiger partial charge is 0.490 e. The van der Waals surface area contributed by atoms with Crippen molar-refractivity contribution in [3.05, 3.63) is 47.5 Å². The Morgan fingerprint density at radius 3 is 2.74 bits per heavy atom. The van der Waals surface area contributed by atoms with Gasteiger partial charge in [-0.05, 0) is 30.7 Å². The van der Waals surface area contributed by atoms with Gasteiger partial charge in [-0.25, -0.2) is 18.1 Å². The summed E-state index contributed by atoms with van der Waals surface area (Å²) < 4.78 is 40.0. The lowest BCUT2D eigenvalue weighted by atomic mass is 10.3. The number of thiazole rings is 1. The molecule has 1 aliphatic rings. The molecule has 0 spiro atoms. The first kappa shape index (κ1) is 18.2. The van der Waals surface area contributed by atoms with E-state index >= 15 is 0 Å². The second kappa shape index (κ2) is 7.84. The highest BCUT2D eigenvalue weighted by molar-refractivity contribution is 7.89. The third kappa shape index (κ3) is 4.23. The van der Waals surface area contributed by atoms with E-state index in [0.29, 0.717) is 37.7 Å². The van der Waals surface area contributed by atoms with Crippen molar-refractivity contribution in [1.82, 2.24) is 9.71 Å². The zero-order valence-corrected chi connectivity index (χ0v) is 16.3. The van der Waals surface area contributed by atoms with Crippen LogP contribution in [0, 0.1) is 0 Å². The van der Waals surface area contributed by atoms with Gasteiger partial charge in [0.15, 0.2) is 11.5 Å². The molecule has 2 aromatic carbocycles. The quantitative estimate of drug-likeness (QED) is 0.638. The van der Waals surface area contributed by atoms with Crippen LogP contribution in [0.5, 0.6) is 11.5 Å². The van der Waals surface area contributed by atoms with E-state index in [4.69, 9.17) is 9.47 Å². The summed E-state index contributed by atoms with van der Waals surface area (Å²) in [4.78, 5) is 4.76. The van der Waals surface area contributed by atoms with Gasteiger partial charge < -0.3 is 9.47 Å². The fraction of sp³-hybridized carbons (Fsp3) is 0.316. The van der Waals surface area contributed by atoms with Crippen LogP contribution in [0.4, 0.5) is 0 Å². The van der Waals surface area contributed by atoms with Crippen molar-refractivity contribution >= 4 is 31.6 Å². The van der Waals surface area contributed by atoms with E-state index in [9.17, 15) is 8.42 Å². The molecule has 0 atom stereocenters. The molecular weight excluding hydrogens is 384 g/mol. The summed E-state index contributed by atoms with van der Waals surface area (Å²) >= 11 is 1.65. The summed E-state index contributed by atoms with van der Waals surface area (Å²) in [5, 5.41) is 1.02. The SMILES string of the molecule is O=S(=O)(NCCCc1nc2ccccc2s1)c1ccc2c(c1)OCCCO2. The number of para-hydroxylation sites is 1. The van der Waals surface area contributed by atoms with Crippen LogP contribution in [0.3, 0.4) is 0 Å². The van der Waals surface area contributed by atoms with Crippen LogP contribution >= 0.6 is 11.3 Å². The molecule has 142 valence electrons. The third-order valence-electron chi connectivity index (χ3n) is 4.23. The van der Waals surface area contributed by atoms with E-state index in [1.54, 1.807) is 23.5 Å². The molecule has 1 N–H and O–H groups in total. The van der Waals surface area contributed by atoms with Crippen molar-refractivity contribution in [1.29, 1.82) is 0 Å². The van der Waals surface area contributed by atoms with Crippen LogP contribution in [0.15, 0.2) is 47.4 Å². The van der Waals surface area contributed by atoms with Crippen molar-refractivity contribution in [2.45, 2.75) is 24.2 Å². The lowest BCUT2D eigenvalue weighted by Gasteiger charge is -2.10. The summed E-state index contributed by atoms with van der Waals surface area (Å²) in [7, 11) is -3.59. The Bertz CT molecular complexity index is 1010. The minimum absolute atomic E-state index is 0.187. The maximum absolute atomic E-state index is 12.5. The molecule has 1 aromatic heterocycles. The Morgan fingerprint density at radius 1 is 1.07 bits per heavy atom. The summed E-state index contributed by atoms with van der Waals surface area (Å²) in [5.74, 6) is 1.06. The van der Waals surface area contributed by atoms with Gasteiger partial charge in [-0.1, -0.05) is 12.1 Å². The first-order valence-electron chi connectivity index (χ1n) is 8.86. The molecule has 3 aromatic rings. The average Bonchev–Trinajstić information content (AvgIpc) is 2.93. The Kier molecular flexibility index (Phi) is 5.29. The summed E-state index contributed by atoms with van der Waals surface area (Å²) in [6.45, 7) is 1.45. The van der Waals surface area contributed by atoms with Crippen LogP contribution in [-0.2, 0) is 16.4 Å². The number of fused-ring (bicyclic) bond motifs is 2. The zero-order chi connectivity index (χ0) is 18.7. The molecule has 27 heavy (non-hydrogen) atoms. The van der Waals surface area contributed by atoms with Crippen molar-refractivity contribution < 1.29 is 17.9 Å². The first-order chi connectivity index (χ1) is 13.1. The smallest absolute Gasteiger partial charge is 0.240 e.